The number of aryl methyl sites for hydroxylation is 1. The lowest BCUT2D eigenvalue weighted by molar-refractivity contribution is -0.122. The summed E-state index contributed by atoms with van der Waals surface area (Å²) >= 11 is 1.64. The van der Waals surface area contributed by atoms with Gasteiger partial charge in [-0.3, -0.25) is 9.78 Å². The van der Waals surface area contributed by atoms with Crippen LogP contribution in [0.5, 0.6) is 0 Å². The summed E-state index contributed by atoms with van der Waals surface area (Å²) in [6, 6.07) is 5.41. The first-order valence-electron chi connectivity index (χ1n) is 8.18. The minimum Gasteiger partial charge on any atom is -0.344 e. The molecule has 1 atom stereocenters. The molecule has 0 aliphatic carbocycles. The molecule has 0 saturated carbocycles. The summed E-state index contributed by atoms with van der Waals surface area (Å²) < 4.78 is 5.39. The number of amides is 1. The largest absolute Gasteiger partial charge is 0.344 e. The Labute approximate surface area is 150 Å². The van der Waals surface area contributed by atoms with Gasteiger partial charge in [0, 0.05) is 24.4 Å². The molecule has 0 radical (unpaired) electrons. The number of carbonyl (C=O) groups is 1. The van der Waals surface area contributed by atoms with Crippen LogP contribution in [0.2, 0.25) is 0 Å². The lowest BCUT2D eigenvalue weighted by Gasteiger charge is -2.18. The number of aromatic nitrogens is 3. The highest BCUT2D eigenvalue weighted by atomic mass is 32.1. The molecule has 7 heteroatoms. The Kier molecular flexibility index (Phi) is 5.55. The van der Waals surface area contributed by atoms with Crippen molar-refractivity contribution in [2.45, 2.75) is 32.7 Å². The molecule has 25 heavy (non-hydrogen) atoms. The molecule has 0 aliphatic heterocycles. The van der Waals surface area contributed by atoms with Gasteiger partial charge in [-0.2, -0.15) is 16.3 Å². The van der Waals surface area contributed by atoms with Gasteiger partial charge in [-0.1, -0.05) is 19.0 Å². The van der Waals surface area contributed by atoms with Crippen molar-refractivity contribution in [3.63, 3.8) is 0 Å². The zero-order valence-corrected chi connectivity index (χ0v) is 15.0. The van der Waals surface area contributed by atoms with E-state index in [1.54, 1.807) is 23.7 Å². The second-order valence-electron chi connectivity index (χ2n) is 6.12. The van der Waals surface area contributed by atoms with Crippen molar-refractivity contribution >= 4 is 17.2 Å². The van der Waals surface area contributed by atoms with Crippen LogP contribution in [0.4, 0.5) is 0 Å². The molecule has 0 aromatic carbocycles. The van der Waals surface area contributed by atoms with Crippen LogP contribution in [-0.4, -0.2) is 21.0 Å². The van der Waals surface area contributed by atoms with Crippen molar-refractivity contribution in [3.8, 4) is 11.4 Å². The summed E-state index contributed by atoms with van der Waals surface area (Å²) in [6.45, 7) is 4.02. The summed E-state index contributed by atoms with van der Waals surface area (Å²) in [7, 11) is 0. The highest BCUT2D eigenvalue weighted by Crippen LogP contribution is 2.23. The molecule has 3 aromatic rings. The second-order valence-corrected chi connectivity index (χ2v) is 6.90. The molecule has 0 fully saturated rings. The molecular weight excluding hydrogens is 336 g/mol. The minimum absolute atomic E-state index is 0.0222. The fourth-order valence-corrected chi connectivity index (χ4v) is 3.13. The maximum absolute atomic E-state index is 12.3. The van der Waals surface area contributed by atoms with Crippen LogP contribution < -0.4 is 5.32 Å². The zero-order chi connectivity index (χ0) is 17.6. The van der Waals surface area contributed by atoms with E-state index in [9.17, 15) is 4.79 Å². The number of carbonyl (C=O) groups excluding carboxylic acids is 1. The molecule has 6 nitrogen and oxygen atoms in total. The van der Waals surface area contributed by atoms with Gasteiger partial charge in [0.15, 0.2) is 0 Å². The van der Waals surface area contributed by atoms with E-state index in [0.717, 1.165) is 12.0 Å². The van der Waals surface area contributed by atoms with E-state index in [-0.39, 0.29) is 17.9 Å². The summed E-state index contributed by atoms with van der Waals surface area (Å²) in [6.07, 6.45) is 4.53. The fourth-order valence-electron chi connectivity index (χ4n) is 2.43. The lowest BCUT2D eigenvalue weighted by atomic mass is 10.0. The van der Waals surface area contributed by atoms with Crippen molar-refractivity contribution in [2.75, 3.05) is 0 Å². The van der Waals surface area contributed by atoms with Gasteiger partial charge in [0.05, 0.1) is 0 Å². The third-order valence-electron chi connectivity index (χ3n) is 3.83. The van der Waals surface area contributed by atoms with E-state index >= 15 is 0 Å². The van der Waals surface area contributed by atoms with Gasteiger partial charge in [-0.25, -0.2) is 0 Å². The van der Waals surface area contributed by atoms with Gasteiger partial charge >= 0.3 is 0 Å². The van der Waals surface area contributed by atoms with E-state index in [1.807, 2.05) is 37.4 Å². The SMILES string of the molecule is CC(C)C(NC(=O)CCc1ccsc1)c1nc(-c2cccnc2)no1. The van der Waals surface area contributed by atoms with Crippen LogP contribution in [-0.2, 0) is 11.2 Å². The van der Waals surface area contributed by atoms with Crippen LogP contribution in [0.3, 0.4) is 0 Å². The average Bonchev–Trinajstić information content (AvgIpc) is 3.30. The van der Waals surface area contributed by atoms with Crippen LogP contribution in [0.1, 0.15) is 37.8 Å². The summed E-state index contributed by atoms with van der Waals surface area (Å²) in [5.74, 6) is 0.998. The van der Waals surface area contributed by atoms with E-state index < -0.39 is 0 Å². The number of hydrogen-bond acceptors (Lipinski definition) is 6. The topological polar surface area (TPSA) is 80.9 Å². The summed E-state index contributed by atoms with van der Waals surface area (Å²) in [4.78, 5) is 20.8. The molecule has 1 unspecified atom stereocenters. The molecule has 0 spiro atoms. The standard InChI is InChI=1S/C18H20N4O2S/c1-12(2)16(20-15(23)6-5-13-7-9-25-11-13)18-21-17(22-24-18)14-4-3-8-19-10-14/h3-4,7-12,16H,5-6H2,1-2H3,(H,20,23). The lowest BCUT2D eigenvalue weighted by Crippen LogP contribution is -2.32. The number of nitrogens with zero attached hydrogens (tertiary/aromatic N) is 3. The zero-order valence-electron chi connectivity index (χ0n) is 14.2. The van der Waals surface area contributed by atoms with E-state index in [4.69, 9.17) is 4.52 Å². The predicted octanol–water partition coefficient (Wildman–Crippen LogP) is 3.64. The molecule has 130 valence electrons. The molecule has 1 N–H and O–H groups in total. The molecule has 0 bridgehead atoms. The van der Waals surface area contributed by atoms with Crippen LogP contribution in [0, 0.1) is 5.92 Å². The first-order valence-corrected chi connectivity index (χ1v) is 9.12. The monoisotopic (exact) mass is 356 g/mol. The van der Waals surface area contributed by atoms with Crippen molar-refractivity contribution in [1.29, 1.82) is 0 Å². The Hall–Kier alpha value is -2.54. The van der Waals surface area contributed by atoms with Gasteiger partial charge in [0.2, 0.25) is 17.6 Å². The highest BCUT2D eigenvalue weighted by Gasteiger charge is 2.24. The number of nitrogens with one attached hydrogen (secondary N) is 1. The quantitative estimate of drug-likeness (QED) is 0.699. The van der Waals surface area contributed by atoms with E-state index in [0.29, 0.717) is 18.1 Å². The number of thiophene rings is 1. The van der Waals surface area contributed by atoms with Crippen molar-refractivity contribution in [3.05, 3.63) is 52.8 Å². The van der Waals surface area contributed by atoms with Gasteiger partial charge in [-0.05, 0) is 46.9 Å². The molecule has 3 rings (SSSR count). The van der Waals surface area contributed by atoms with Crippen LogP contribution >= 0.6 is 11.3 Å². The molecular formula is C18H20N4O2S. The number of hydrogen-bond donors (Lipinski definition) is 1. The number of rotatable bonds is 7. The molecule has 3 aromatic heterocycles. The van der Waals surface area contributed by atoms with Crippen molar-refractivity contribution in [1.82, 2.24) is 20.4 Å². The number of pyridine rings is 1. The molecule has 3 heterocycles. The maximum atomic E-state index is 12.3. The Bertz CT molecular complexity index is 800. The van der Waals surface area contributed by atoms with Gasteiger partial charge < -0.3 is 9.84 Å². The maximum Gasteiger partial charge on any atom is 0.249 e. The van der Waals surface area contributed by atoms with Gasteiger partial charge in [0.25, 0.3) is 0 Å². The van der Waals surface area contributed by atoms with Gasteiger partial charge in [0.1, 0.15) is 6.04 Å². The highest BCUT2D eigenvalue weighted by molar-refractivity contribution is 7.07. The third kappa shape index (κ3) is 4.51. The average molecular weight is 356 g/mol. The van der Waals surface area contributed by atoms with Crippen LogP contribution in [0.15, 0.2) is 45.9 Å². The fraction of sp³-hybridized carbons (Fsp3) is 0.333. The van der Waals surface area contributed by atoms with E-state index in [1.165, 1.54) is 5.56 Å². The van der Waals surface area contributed by atoms with Crippen molar-refractivity contribution < 1.29 is 9.32 Å². The normalized spacial score (nSPS) is 12.3. The minimum atomic E-state index is -0.312. The Morgan fingerprint density at radius 3 is 2.92 bits per heavy atom. The summed E-state index contributed by atoms with van der Waals surface area (Å²) in [5.41, 5.74) is 1.96. The smallest absolute Gasteiger partial charge is 0.249 e. The Morgan fingerprint density at radius 1 is 1.36 bits per heavy atom. The van der Waals surface area contributed by atoms with Gasteiger partial charge in [-0.15, -0.1) is 0 Å². The molecule has 0 aliphatic rings. The molecule has 0 saturated heterocycles. The first kappa shape index (κ1) is 17.3. The van der Waals surface area contributed by atoms with E-state index in [2.05, 4.69) is 25.8 Å². The predicted molar refractivity (Wildman–Crippen MR) is 95.9 cm³/mol. The third-order valence-corrected chi connectivity index (χ3v) is 4.56. The summed E-state index contributed by atoms with van der Waals surface area (Å²) in [5, 5.41) is 11.1. The molecule has 1 amide bonds. The first-order chi connectivity index (χ1) is 12.1. The Balaban J connectivity index is 1.67. The second kappa shape index (κ2) is 8.02. The Morgan fingerprint density at radius 2 is 2.24 bits per heavy atom. The van der Waals surface area contributed by atoms with Crippen molar-refractivity contribution in [2.24, 2.45) is 5.92 Å². The van der Waals surface area contributed by atoms with Crippen LogP contribution in [0.25, 0.3) is 11.4 Å².